The SMILES string of the molecule is CC12C3=C4C5C(C=C3)c3ccccc3C5(C)c3ccccc3C4(c3ccccc3)C1C=Cc1c2sc2c1CCC(C1=CC=CCC1)=C2. The fourth-order valence-electron chi connectivity index (χ4n) is 11.7. The summed E-state index contributed by atoms with van der Waals surface area (Å²) in [4.78, 5) is 3.10. The molecule has 0 spiro atoms. The predicted octanol–water partition coefficient (Wildman–Crippen LogP) is 11.2. The predicted molar refractivity (Wildman–Crippen MR) is 196 cm³/mol. The Morgan fingerprint density at radius 3 is 2.34 bits per heavy atom. The van der Waals surface area contributed by atoms with E-state index >= 15 is 0 Å². The van der Waals surface area contributed by atoms with Gasteiger partial charge in [0.2, 0.25) is 0 Å². The van der Waals surface area contributed by atoms with E-state index in [1.807, 2.05) is 0 Å². The van der Waals surface area contributed by atoms with Crippen LogP contribution in [0.3, 0.4) is 0 Å². The molecule has 0 bridgehead atoms. The Hall–Kier alpha value is -4.20. The minimum atomic E-state index is -0.226. The normalized spacial score (nSPS) is 32.9. The molecule has 6 unspecified atom stereocenters. The lowest BCUT2D eigenvalue weighted by molar-refractivity contribution is 0.286. The van der Waals surface area contributed by atoms with Gasteiger partial charge in [0.15, 0.2) is 0 Å². The van der Waals surface area contributed by atoms with Crippen LogP contribution in [0, 0.1) is 11.8 Å². The molecule has 11 rings (SSSR count). The largest absolute Gasteiger partial charge is 0.139 e. The smallest absolute Gasteiger partial charge is 0.0498 e. The van der Waals surface area contributed by atoms with Crippen molar-refractivity contribution < 1.29 is 0 Å². The summed E-state index contributed by atoms with van der Waals surface area (Å²) in [6.07, 6.45) is 24.6. The van der Waals surface area contributed by atoms with Crippen LogP contribution < -0.4 is 0 Å². The van der Waals surface area contributed by atoms with Crippen molar-refractivity contribution in [3.8, 4) is 0 Å². The van der Waals surface area contributed by atoms with E-state index in [2.05, 4.69) is 153 Å². The van der Waals surface area contributed by atoms with Crippen molar-refractivity contribution in [3.05, 3.63) is 186 Å². The Morgan fingerprint density at radius 2 is 1.51 bits per heavy atom. The molecule has 0 amide bonds. The van der Waals surface area contributed by atoms with Crippen LogP contribution >= 0.6 is 11.3 Å². The molecule has 47 heavy (non-hydrogen) atoms. The Bertz CT molecular complexity index is 2250. The van der Waals surface area contributed by atoms with Gasteiger partial charge in [0.05, 0.1) is 0 Å². The molecule has 1 heteroatoms. The van der Waals surface area contributed by atoms with Gasteiger partial charge in [-0.05, 0) is 99.9 Å². The number of benzene rings is 3. The van der Waals surface area contributed by atoms with Crippen molar-refractivity contribution in [2.45, 2.75) is 61.7 Å². The average Bonchev–Trinajstić information content (AvgIpc) is 3.72. The Morgan fingerprint density at radius 1 is 0.723 bits per heavy atom. The number of thiophene rings is 1. The van der Waals surface area contributed by atoms with Gasteiger partial charge in [-0.3, -0.25) is 0 Å². The van der Waals surface area contributed by atoms with Gasteiger partial charge in [-0.2, -0.15) is 0 Å². The summed E-state index contributed by atoms with van der Waals surface area (Å²) in [5.74, 6) is 1.07. The standard InChI is InChI=1S/C46H38S/c1-44-35-18-10-9-17-31(35)33-23-25-38-42(41(33)44)46(30-15-7-4-8-16-30,37-20-12-11-19-36(37)44)40-26-24-34-32-22-21-29(28-13-5-3-6-14-28)27-39(32)47-43(34)45(38,40)2/h3-5,7-13,15-20,23-27,33,40-41H,6,14,21-22H2,1-2H3. The summed E-state index contributed by atoms with van der Waals surface area (Å²) in [7, 11) is 0. The van der Waals surface area contributed by atoms with Crippen LogP contribution in [-0.4, -0.2) is 0 Å². The molecule has 0 fully saturated rings. The lowest BCUT2D eigenvalue weighted by Crippen LogP contribution is -2.51. The second-order valence-electron chi connectivity index (χ2n) is 15.3. The third-order valence-electron chi connectivity index (χ3n) is 13.5. The highest BCUT2D eigenvalue weighted by molar-refractivity contribution is 7.13. The highest BCUT2D eigenvalue weighted by Gasteiger charge is 2.70. The van der Waals surface area contributed by atoms with Gasteiger partial charge in [0.25, 0.3) is 0 Å². The van der Waals surface area contributed by atoms with Crippen molar-refractivity contribution in [1.82, 2.24) is 0 Å². The Balaban J connectivity index is 1.22. The van der Waals surface area contributed by atoms with Gasteiger partial charge in [0.1, 0.15) is 0 Å². The molecule has 0 saturated heterocycles. The van der Waals surface area contributed by atoms with Crippen LogP contribution in [0.2, 0.25) is 0 Å². The van der Waals surface area contributed by atoms with Crippen LogP contribution in [0.5, 0.6) is 0 Å². The fourth-order valence-corrected chi connectivity index (χ4v) is 13.2. The second-order valence-corrected chi connectivity index (χ2v) is 16.3. The zero-order valence-electron chi connectivity index (χ0n) is 27.1. The lowest BCUT2D eigenvalue weighted by Gasteiger charge is -2.54. The van der Waals surface area contributed by atoms with E-state index in [4.69, 9.17) is 0 Å². The third-order valence-corrected chi connectivity index (χ3v) is 15.0. The molecule has 7 aliphatic carbocycles. The Labute approximate surface area is 282 Å². The van der Waals surface area contributed by atoms with Crippen LogP contribution in [0.25, 0.3) is 12.2 Å². The van der Waals surface area contributed by atoms with Gasteiger partial charge in [-0.1, -0.05) is 128 Å². The highest BCUT2D eigenvalue weighted by atomic mass is 32.1. The van der Waals surface area contributed by atoms with Crippen molar-refractivity contribution in [2.24, 2.45) is 11.8 Å². The molecule has 3 aromatic carbocycles. The van der Waals surface area contributed by atoms with E-state index in [0.717, 1.165) is 19.3 Å². The second kappa shape index (κ2) is 9.03. The molecule has 0 radical (unpaired) electrons. The molecule has 4 aromatic rings. The molecule has 1 aromatic heterocycles. The molecule has 0 aliphatic heterocycles. The summed E-state index contributed by atoms with van der Waals surface area (Å²) in [6, 6.07) is 30.6. The molecular weight excluding hydrogens is 585 g/mol. The first kappa shape index (κ1) is 26.8. The monoisotopic (exact) mass is 622 g/mol. The van der Waals surface area contributed by atoms with Crippen molar-refractivity contribution in [3.63, 3.8) is 0 Å². The first-order valence-electron chi connectivity index (χ1n) is 17.7. The number of rotatable bonds is 2. The minimum Gasteiger partial charge on any atom is -0.139 e. The maximum atomic E-state index is 2.67. The van der Waals surface area contributed by atoms with Crippen LogP contribution in [-0.2, 0) is 22.7 Å². The van der Waals surface area contributed by atoms with Crippen LogP contribution in [0.1, 0.15) is 87.7 Å². The van der Waals surface area contributed by atoms with E-state index in [1.54, 1.807) is 32.7 Å². The zero-order chi connectivity index (χ0) is 31.1. The zero-order valence-corrected chi connectivity index (χ0v) is 27.9. The number of hydrogen-bond acceptors (Lipinski definition) is 1. The maximum absolute atomic E-state index is 2.67. The average molecular weight is 623 g/mol. The molecule has 0 saturated carbocycles. The molecule has 6 atom stereocenters. The molecule has 1 heterocycles. The summed E-state index contributed by atoms with van der Waals surface area (Å²) in [5, 5.41) is 0. The summed E-state index contributed by atoms with van der Waals surface area (Å²) >= 11 is 2.11. The summed E-state index contributed by atoms with van der Waals surface area (Å²) < 4.78 is 0. The molecule has 0 nitrogen and oxygen atoms in total. The van der Waals surface area contributed by atoms with Crippen molar-refractivity contribution >= 4 is 23.5 Å². The van der Waals surface area contributed by atoms with E-state index < -0.39 is 0 Å². The third kappa shape index (κ3) is 2.99. The molecule has 7 aliphatic rings. The number of allylic oxidation sites excluding steroid dienone is 10. The van der Waals surface area contributed by atoms with E-state index in [-0.39, 0.29) is 16.2 Å². The first-order chi connectivity index (χ1) is 23.1. The first-order valence-corrected chi connectivity index (χ1v) is 18.5. The quantitative estimate of drug-likeness (QED) is 0.209. The summed E-state index contributed by atoms with van der Waals surface area (Å²) in [6.45, 7) is 5.20. The Kier molecular flexibility index (Phi) is 5.15. The number of hydrogen-bond donors (Lipinski definition) is 0. The van der Waals surface area contributed by atoms with E-state index in [1.165, 1.54) is 44.7 Å². The molecular formula is C46H38S. The van der Waals surface area contributed by atoms with Gasteiger partial charge in [0, 0.05) is 43.8 Å². The molecule has 228 valence electrons. The van der Waals surface area contributed by atoms with E-state index in [0.29, 0.717) is 17.8 Å². The topological polar surface area (TPSA) is 0 Å². The van der Waals surface area contributed by atoms with Gasteiger partial charge >= 0.3 is 0 Å². The van der Waals surface area contributed by atoms with Gasteiger partial charge in [-0.25, -0.2) is 0 Å². The highest BCUT2D eigenvalue weighted by Crippen LogP contribution is 2.76. The van der Waals surface area contributed by atoms with Crippen LogP contribution in [0.15, 0.2) is 138 Å². The molecule has 0 N–H and O–H groups in total. The van der Waals surface area contributed by atoms with E-state index in [9.17, 15) is 0 Å². The van der Waals surface area contributed by atoms with Gasteiger partial charge < -0.3 is 0 Å². The minimum absolute atomic E-state index is 0.0770. The van der Waals surface area contributed by atoms with Crippen molar-refractivity contribution in [1.29, 1.82) is 0 Å². The maximum Gasteiger partial charge on any atom is 0.0498 e. The van der Waals surface area contributed by atoms with Gasteiger partial charge in [-0.15, -0.1) is 11.3 Å². The number of fused-ring (bicyclic) bond motifs is 13. The lowest BCUT2D eigenvalue weighted by atomic mass is 9.48. The van der Waals surface area contributed by atoms with Crippen LogP contribution in [0.4, 0.5) is 0 Å². The fraction of sp³-hybridized carbons (Fsp3) is 0.261. The summed E-state index contributed by atoms with van der Waals surface area (Å²) in [5.41, 5.74) is 16.6. The van der Waals surface area contributed by atoms with Crippen molar-refractivity contribution in [2.75, 3.05) is 0 Å².